The Morgan fingerprint density at radius 1 is 1.21 bits per heavy atom. The summed E-state index contributed by atoms with van der Waals surface area (Å²) in [5.41, 5.74) is 0. The lowest BCUT2D eigenvalue weighted by Gasteiger charge is -2.37. The van der Waals surface area contributed by atoms with Gasteiger partial charge in [0.15, 0.2) is 14.1 Å². The van der Waals surface area contributed by atoms with Gasteiger partial charge in [-0.1, -0.05) is 20.8 Å². The number of fused-ring (bicyclic) bond motifs is 1. The summed E-state index contributed by atoms with van der Waals surface area (Å²) in [6.07, 6.45) is 0.0729. The first-order valence-electron chi connectivity index (χ1n) is 7.13. The van der Waals surface area contributed by atoms with E-state index in [0.29, 0.717) is 13.2 Å². The van der Waals surface area contributed by atoms with Crippen LogP contribution in [0, 0.1) is 0 Å². The van der Waals surface area contributed by atoms with Crippen molar-refractivity contribution < 1.29 is 18.6 Å². The van der Waals surface area contributed by atoms with Crippen molar-refractivity contribution in [3.05, 3.63) is 0 Å². The Morgan fingerprint density at radius 2 is 1.84 bits per heavy atom. The highest BCUT2D eigenvalue weighted by atomic mass is 28.4. The van der Waals surface area contributed by atoms with Crippen LogP contribution in [-0.2, 0) is 18.6 Å². The minimum Gasteiger partial charge on any atom is -0.414 e. The molecule has 0 bridgehead atoms. The number of hydrogen-bond acceptors (Lipinski definition) is 4. The second kappa shape index (κ2) is 4.81. The van der Waals surface area contributed by atoms with Gasteiger partial charge >= 0.3 is 0 Å². The van der Waals surface area contributed by atoms with Crippen molar-refractivity contribution in [2.45, 2.75) is 76.8 Å². The van der Waals surface area contributed by atoms with E-state index in [1.54, 1.807) is 0 Å². The van der Waals surface area contributed by atoms with Crippen LogP contribution in [0.1, 0.15) is 34.6 Å². The fraction of sp³-hybridized carbons (Fsp3) is 1.00. The molecule has 0 amide bonds. The number of hydrogen-bond donors (Lipinski definition) is 0. The number of rotatable bonds is 3. The van der Waals surface area contributed by atoms with Crippen LogP contribution in [0.15, 0.2) is 0 Å². The molecule has 19 heavy (non-hydrogen) atoms. The lowest BCUT2D eigenvalue weighted by Crippen LogP contribution is -2.44. The van der Waals surface area contributed by atoms with Crippen LogP contribution in [0.2, 0.25) is 18.1 Å². The van der Waals surface area contributed by atoms with Crippen molar-refractivity contribution in [3.63, 3.8) is 0 Å². The Hall–Kier alpha value is 0.0569. The maximum atomic E-state index is 6.23. The molecule has 112 valence electrons. The average molecular weight is 288 g/mol. The molecule has 4 nitrogen and oxygen atoms in total. The smallest absolute Gasteiger partial charge is 0.192 e. The monoisotopic (exact) mass is 288 g/mol. The highest BCUT2D eigenvalue weighted by molar-refractivity contribution is 6.74. The van der Waals surface area contributed by atoms with Gasteiger partial charge in [-0.15, -0.1) is 0 Å². The fourth-order valence-corrected chi connectivity index (χ4v) is 3.28. The number of ether oxygens (including phenoxy) is 3. The zero-order valence-electron chi connectivity index (χ0n) is 13.3. The van der Waals surface area contributed by atoms with Gasteiger partial charge in [-0.3, -0.25) is 0 Å². The van der Waals surface area contributed by atoms with Crippen LogP contribution < -0.4 is 0 Å². The molecule has 0 aromatic heterocycles. The predicted octanol–water partition coefficient (Wildman–Crippen LogP) is 2.93. The standard InChI is InChI=1S/C14H28O4Si/c1-13(2,3)19(6,7)16-9-10-12-11(8-15-10)17-14(4,5)18-12/h10-12H,8-9H2,1-7H3/t10-,11?,12-/m1/s1. The van der Waals surface area contributed by atoms with Crippen LogP contribution in [-0.4, -0.2) is 45.6 Å². The third-order valence-electron chi connectivity index (χ3n) is 4.48. The molecule has 0 spiro atoms. The molecule has 0 aromatic rings. The lowest BCUT2D eigenvalue weighted by molar-refractivity contribution is -0.177. The predicted molar refractivity (Wildman–Crippen MR) is 76.7 cm³/mol. The van der Waals surface area contributed by atoms with E-state index in [9.17, 15) is 0 Å². The van der Waals surface area contributed by atoms with Crippen molar-refractivity contribution in [2.75, 3.05) is 13.2 Å². The maximum Gasteiger partial charge on any atom is 0.192 e. The highest BCUT2D eigenvalue weighted by Gasteiger charge is 2.50. The van der Waals surface area contributed by atoms with E-state index in [-0.39, 0.29) is 23.4 Å². The fourth-order valence-electron chi connectivity index (χ4n) is 2.27. The van der Waals surface area contributed by atoms with Crippen LogP contribution in [0.25, 0.3) is 0 Å². The Morgan fingerprint density at radius 3 is 2.42 bits per heavy atom. The average Bonchev–Trinajstić information content (AvgIpc) is 2.68. The van der Waals surface area contributed by atoms with Gasteiger partial charge in [0.2, 0.25) is 0 Å². The molecular formula is C14H28O4Si. The molecule has 2 aliphatic heterocycles. The van der Waals surface area contributed by atoms with E-state index >= 15 is 0 Å². The van der Waals surface area contributed by atoms with Crippen molar-refractivity contribution in [1.82, 2.24) is 0 Å². The van der Waals surface area contributed by atoms with Crippen molar-refractivity contribution in [1.29, 1.82) is 0 Å². The molecule has 0 saturated carbocycles. The van der Waals surface area contributed by atoms with Crippen molar-refractivity contribution in [2.24, 2.45) is 0 Å². The summed E-state index contributed by atoms with van der Waals surface area (Å²) >= 11 is 0. The second-order valence-electron chi connectivity index (χ2n) is 7.58. The van der Waals surface area contributed by atoms with Gasteiger partial charge in [0.05, 0.1) is 13.2 Å². The molecule has 2 heterocycles. The second-order valence-corrected chi connectivity index (χ2v) is 12.4. The molecule has 3 atom stereocenters. The largest absolute Gasteiger partial charge is 0.414 e. The molecule has 5 heteroatoms. The van der Waals surface area contributed by atoms with E-state index in [2.05, 4.69) is 33.9 Å². The zero-order chi connectivity index (χ0) is 14.5. The molecule has 0 radical (unpaired) electrons. The van der Waals surface area contributed by atoms with Crippen LogP contribution in [0.5, 0.6) is 0 Å². The first-order chi connectivity index (χ1) is 8.52. The van der Waals surface area contributed by atoms with E-state index in [4.69, 9.17) is 18.6 Å². The van der Waals surface area contributed by atoms with Gasteiger partial charge < -0.3 is 18.6 Å². The van der Waals surface area contributed by atoms with Gasteiger partial charge in [0.1, 0.15) is 18.3 Å². The normalized spacial score (nSPS) is 34.6. The highest BCUT2D eigenvalue weighted by Crippen LogP contribution is 2.39. The summed E-state index contributed by atoms with van der Waals surface area (Å²) in [5, 5.41) is 0.220. The molecule has 2 rings (SSSR count). The first-order valence-corrected chi connectivity index (χ1v) is 10.0. The molecule has 2 saturated heterocycles. The Labute approximate surface area is 117 Å². The third-order valence-corrected chi connectivity index (χ3v) is 8.98. The summed E-state index contributed by atoms with van der Waals surface area (Å²) < 4.78 is 23.7. The third kappa shape index (κ3) is 3.21. The van der Waals surface area contributed by atoms with Crippen molar-refractivity contribution in [3.8, 4) is 0 Å². The molecule has 0 aromatic carbocycles. The van der Waals surface area contributed by atoms with Crippen molar-refractivity contribution >= 4 is 8.32 Å². The molecular weight excluding hydrogens is 260 g/mol. The lowest BCUT2D eigenvalue weighted by atomic mass is 10.2. The van der Waals surface area contributed by atoms with Gasteiger partial charge in [-0.2, -0.15) is 0 Å². The van der Waals surface area contributed by atoms with Gasteiger partial charge in [0.25, 0.3) is 0 Å². The van der Waals surface area contributed by atoms with E-state index < -0.39 is 14.1 Å². The van der Waals surface area contributed by atoms with Gasteiger partial charge in [-0.05, 0) is 32.0 Å². The van der Waals surface area contributed by atoms with E-state index in [1.807, 2.05) is 13.8 Å². The summed E-state index contributed by atoms with van der Waals surface area (Å²) in [5.74, 6) is -0.492. The zero-order valence-corrected chi connectivity index (χ0v) is 14.3. The SMILES string of the molecule is CC1(C)OC2CO[C@H](CO[Si](C)(C)C(C)(C)C)[C@H]2O1. The Bertz CT molecular complexity index is 335. The topological polar surface area (TPSA) is 36.9 Å². The summed E-state index contributed by atoms with van der Waals surface area (Å²) in [7, 11) is -1.73. The minimum absolute atomic E-state index is 0.000833. The first kappa shape index (κ1) is 15.4. The van der Waals surface area contributed by atoms with Gasteiger partial charge in [-0.25, -0.2) is 0 Å². The molecule has 2 aliphatic rings. The van der Waals surface area contributed by atoms with Crippen LogP contribution >= 0.6 is 0 Å². The summed E-state index contributed by atoms with van der Waals surface area (Å²) in [6, 6.07) is 0. The molecule has 0 aliphatic carbocycles. The van der Waals surface area contributed by atoms with E-state index in [1.165, 1.54) is 0 Å². The maximum absolute atomic E-state index is 6.23. The summed E-state index contributed by atoms with van der Waals surface area (Å²) in [6.45, 7) is 16.4. The minimum atomic E-state index is -1.73. The summed E-state index contributed by atoms with van der Waals surface area (Å²) in [4.78, 5) is 0. The van der Waals surface area contributed by atoms with E-state index in [0.717, 1.165) is 0 Å². The molecule has 0 N–H and O–H groups in total. The Kier molecular flexibility index (Phi) is 3.91. The molecule has 2 fully saturated rings. The quantitative estimate of drug-likeness (QED) is 0.748. The van der Waals surface area contributed by atoms with Crippen LogP contribution in [0.4, 0.5) is 0 Å². The molecule has 1 unspecified atom stereocenters. The van der Waals surface area contributed by atoms with Gasteiger partial charge in [0, 0.05) is 0 Å². The van der Waals surface area contributed by atoms with Crippen LogP contribution in [0.3, 0.4) is 0 Å². The Balaban J connectivity index is 1.91.